The van der Waals surface area contributed by atoms with Gasteiger partial charge in [0.15, 0.2) is 0 Å². The first-order valence-corrected chi connectivity index (χ1v) is 6.29. The highest BCUT2D eigenvalue weighted by Crippen LogP contribution is 2.12. The largest absolute Gasteiger partial charge is 0.463 e. The van der Waals surface area contributed by atoms with Crippen LogP contribution in [0.25, 0.3) is 6.08 Å². The van der Waals surface area contributed by atoms with Gasteiger partial charge in [0.2, 0.25) is 0 Å². The Kier molecular flexibility index (Phi) is 4.89. The predicted molar refractivity (Wildman–Crippen MR) is 84.6 cm³/mol. The monoisotopic (exact) mass is 267 g/mol. The van der Waals surface area contributed by atoms with Crippen molar-refractivity contribution in [2.75, 3.05) is 19.0 Å². The Balaban J connectivity index is 1.86. The third-order valence-corrected chi connectivity index (χ3v) is 2.65. The molecule has 1 aromatic carbocycles. The van der Waals surface area contributed by atoms with E-state index in [0.29, 0.717) is 5.76 Å². The molecule has 102 valence electrons. The van der Waals surface area contributed by atoms with Gasteiger partial charge >= 0.3 is 0 Å². The van der Waals surface area contributed by atoms with Crippen molar-refractivity contribution in [1.82, 2.24) is 0 Å². The Morgan fingerprint density at radius 1 is 1.05 bits per heavy atom. The molecule has 0 atom stereocenters. The number of hydrogen-bond acceptors (Lipinski definition) is 4. The molecule has 0 aliphatic heterocycles. The van der Waals surface area contributed by atoms with Crippen LogP contribution in [0.5, 0.6) is 0 Å². The molecule has 0 spiro atoms. The molecule has 0 amide bonds. The first-order chi connectivity index (χ1) is 9.75. The van der Waals surface area contributed by atoms with Gasteiger partial charge < -0.3 is 9.32 Å². The van der Waals surface area contributed by atoms with Crippen molar-refractivity contribution >= 4 is 24.2 Å². The fraction of sp³-hybridized carbons (Fsp3) is 0.125. The normalized spacial score (nSPS) is 11.9. The van der Waals surface area contributed by atoms with E-state index >= 15 is 0 Å². The molecule has 4 heteroatoms. The van der Waals surface area contributed by atoms with Crippen molar-refractivity contribution in [3.05, 3.63) is 60.1 Å². The molecule has 0 aliphatic carbocycles. The zero-order valence-electron chi connectivity index (χ0n) is 11.6. The molecule has 0 saturated carbocycles. The van der Waals surface area contributed by atoms with Crippen molar-refractivity contribution in [2.24, 2.45) is 10.2 Å². The number of hydrogen-bond donors (Lipinski definition) is 0. The molecule has 0 unspecified atom stereocenters. The van der Waals surface area contributed by atoms with E-state index in [1.54, 1.807) is 18.7 Å². The molecule has 0 aliphatic rings. The predicted octanol–water partition coefficient (Wildman–Crippen LogP) is 3.46. The lowest BCUT2D eigenvalue weighted by Gasteiger charge is -2.11. The van der Waals surface area contributed by atoms with E-state index in [4.69, 9.17) is 4.42 Å². The third kappa shape index (κ3) is 4.24. The lowest BCUT2D eigenvalue weighted by Crippen LogP contribution is -2.07. The highest BCUT2D eigenvalue weighted by Gasteiger charge is 1.92. The molecule has 0 N–H and O–H groups in total. The molecule has 1 heterocycles. The quantitative estimate of drug-likeness (QED) is 0.615. The summed E-state index contributed by atoms with van der Waals surface area (Å²) in [4.78, 5) is 2.07. The minimum Gasteiger partial charge on any atom is -0.463 e. The second kappa shape index (κ2) is 7.09. The Morgan fingerprint density at radius 3 is 2.50 bits per heavy atom. The Morgan fingerprint density at radius 2 is 1.85 bits per heavy atom. The van der Waals surface area contributed by atoms with Crippen LogP contribution in [-0.2, 0) is 0 Å². The fourth-order valence-electron chi connectivity index (χ4n) is 1.57. The van der Waals surface area contributed by atoms with Crippen molar-refractivity contribution in [3.63, 3.8) is 0 Å². The molecule has 0 radical (unpaired) electrons. The molecular formula is C16H17N3O. The molecule has 2 rings (SSSR count). The van der Waals surface area contributed by atoms with E-state index < -0.39 is 0 Å². The average Bonchev–Trinajstić information content (AvgIpc) is 2.96. The summed E-state index contributed by atoms with van der Waals surface area (Å²) in [6.07, 6.45) is 8.63. The van der Waals surface area contributed by atoms with Gasteiger partial charge in [-0.2, -0.15) is 10.2 Å². The standard InChI is InChI=1S/C16H17N3O/c1-19(2)15-9-7-14(8-10-15)5-3-11-17-18-13-16-6-4-12-20-16/h3-13H,1-2H3/b5-3+,17-11+,18-13+. The van der Waals surface area contributed by atoms with Crippen LogP contribution >= 0.6 is 0 Å². The van der Waals surface area contributed by atoms with E-state index in [2.05, 4.69) is 39.4 Å². The minimum absolute atomic E-state index is 0.686. The van der Waals surface area contributed by atoms with Gasteiger partial charge in [0.25, 0.3) is 0 Å². The molecule has 4 nitrogen and oxygen atoms in total. The van der Waals surface area contributed by atoms with Gasteiger partial charge in [-0.1, -0.05) is 18.2 Å². The molecule has 1 aromatic heterocycles. The molecule has 20 heavy (non-hydrogen) atoms. The minimum atomic E-state index is 0.686. The zero-order valence-corrected chi connectivity index (χ0v) is 11.6. The van der Waals surface area contributed by atoms with E-state index in [0.717, 1.165) is 5.56 Å². The van der Waals surface area contributed by atoms with Crippen molar-refractivity contribution in [2.45, 2.75) is 0 Å². The molecular weight excluding hydrogens is 250 g/mol. The summed E-state index contributed by atoms with van der Waals surface area (Å²) in [6, 6.07) is 11.9. The summed E-state index contributed by atoms with van der Waals surface area (Å²) in [5.74, 6) is 0.686. The van der Waals surface area contributed by atoms with Crippen LogP contribution in [0, 0.1) is 0 Å². The molecule has 2 aromatic rings. The van der Waals surface area contributed by atoms with Gasteiger partial charge in [0, 0.05) is 26.0 Å². The highest BCUT2D eigenvalue weighted by atomic mass is 16.3. The lowest BCUT2D eigenvalue weighted by molar-refractivity contribution is 0.560. The van der Waals surface area contributed by atoms with Crippen LogP contribution in [0.3, 0.4) is 0 Å². The van der Waals surface area contributed by atoms with Gasteiger partial charge in [-0.25, -0.2) is 0 Å². The second-order valence-corrected chi connectivity index (χ2v) is 4.37. The number of rotatable bonds is 5. The van der Waals surface area contributed by atoms with Crippen molar-refractivity contribution in [1.29, 1.82) is 0 Å². The molecule has 0 saturated heterocycles. The summed E-state index contributed by atoms with van der Waals surface area (Å²) in [5, 5.41) is 7.77. The number of allylic oxidation sites excluding steroid dienone is 1. The summed E-state index contributed by atoms with van der Waals surface area (Å²) >= 11 is 0. The number of benzene rings is 1. The SMILES string of the molecule is CN(C)c1ccc(/C=C/C=N/N=C/c2ccco2)cc1. The Bertz CT molecular complexity index is 593. The number of nitrogens with zero attached hydrogens (tertiary/aromatic N) is 3. The van der Waals surface area contributed by atoms with Crippen LogP contribution in [-0.4, -0.2) is 26.5 Å². The van der Waals surface area contributed by atoms with Gasteiger partial charge in [0.1, 0.15) is 5.76 Å². The summed E-state index contributed by atoms with van der Waals surface area (Å²) < 4.78 is 5.09. The van der Waals surface area contributed by atoms with Crippen LogP contribution < -0.4 is 4.90 Å². The van der Waals surface area contributed by atoms with Crippen LogP contribution in [0.4, 0.5) is 5.69 Å². The summed E-state index contributed by atoms with van der Waals surface area (Å²) in [5.41, 5.74) is 2.30. The van der Waals surface area contributed by atoms with Crippen LogP contribution in [0.1, 0.15) is 11.3 Å². The van der Waals surface area contributed by atoms with E-state index in [9.17, 15) is 0 Å². The summed E-state index contributed by atoms with van der Waals surface area (Å²) in [7, 11) is 4.04. The number of anilines is 1. The Labute approximate surface area is 118 Å². The molecule has 0 fully saturated rings. The lowest BCUT2D eigenvalue weighted by atomic mass is 10.2. The maximum Gasteiger partial charge on any atom is 0.146 e. The van der Waals surface area contributed by atoms with Gasteiger partial charge in [-0.15, -0.1) is 0 Å². The van der Waals surface area contributed by atoms with E-state index in [1.165, 1.54) is 5.69 Å². The highest BCUT2D eigenvalue weighted by molar-refractivity contribution is 5.80. The molecule has 0 bridgehead atoms. The van der Waals surface area contributed by atoms with Gasteiger partial charge in [-0.05, 0) is 35.9 Å². The van der Waals surface area contributed by atoms with Crippen molar-refractivity contribution < 1.29 is 4.42 Å². The van der Waals surface area contributed by atoms with Gasteiger partial charge in [-0.3, -0.25) is 0 Å². The first kappa shape index (κ1) is 13.8. The maximum absolute atomic E-state index is 5.09. The van der Waals surface area contributed by atoms with Crippen LogP contribution in [0.15, 0.2) is 63.4 Å². The number of furan rings is 1. The Hall–Kier alpha value is -2.62. The summed E-state index contributed by atoms with van der Waals surface area (Å²) in [6.45, 7) is 0. The van der Waals surface area contributed by atoms with Crippen molar-refractivity contribution in [3.8, 4) is 0 Å². The fourth-order valence-corrected chi connectivity index (χ4v) is 1.57. The topological polar surface area (TPSA) is 41.1 Å². The first-order valence-electron chi connectivity index (χ1n) is 6.29. The third-order valence-electron chi connectivity index (χ3n) is 2.65. The van der Waals surface area contributed by atoms with Crippen LogP contribution in [0.2, 0.25) is 0 Å². The smallest absolute Gasteiger partial charge is 0.146 e. The zero-order chi connectivity index (χ0) is 14.2. The average molecular weight is 267 g/mol. The van der Waals surface area contributed by atoms with E-state index in [1.807, 2.05) is 38.4 Å². The van der Waals surface area contributed by atoms with Gasteiger partial charge in [0.05, 0.1) is 12.5 Å². The second-order valence-electron chi connectivity index (χ2n) is 4.37. The van der Waals surface area contributed by atoms with E-state index in [-0.39, 0.29) is 0 Å². The maximum atomic E-state index is 5.09.